The summed E-state index contributed by atoms with van der Waals surface area (Å²) < 4.78 is 0. The first-order chi connectivity index (χ1) is 9.33. The number of carbonyl (C=O) groups is 1. The molecule has 2 heterocycles. The van der Waals surface area contributed by atoms with Crippen LogP contribution in [0.25, 0.3) is 0 Å². The van der Waals surface area contributed by atoms with E-state index in [0.29, 0.717) is 0 Å². The van der Waals surface area contributed by atoms with E-state index in [1.165, 1.54) is 30.5 Å². The minimum absolute atomic E-state index is 0.142. The molecule has 0 spiro atoms. The van der Waals surface area contributed by atoms with Crippen molar-refractivity contribution in [3.8, 4) is 0 Å². The van der Waals surface area contributed by atoms with Crippen molar-refractivity contribution in [2.75, 3.05) is 22.9 Å². The number of aryl methyl sites for hydroxylation is 1. The van der Waals surface area contributed by atoms with Crippen LogP contribution in [0.15, 0.2) is 18.2 Å². The zero-order valence-electron chi connectivity index (χ0n) is 11.1. The van der Waals surface area contributed by atoms with E-state index in [0.717, 1.165) is 30.8 Å². The van der Waals surface area contributed by atoms with Gasteiger partial charge in [-0.15, -0.1) is 11.8 Å². The number of nitrogens with one attached hydrogen (secondary N) is 2. The minimum Gasteiger partial charge on any atom is -0.385 e. The first kappa shape index (κ1) is 12.9. The summed E-state index contributed by atoms with van der Waals surface area (Å²) >= 11 is 1.79. The van der Waals surface area contributed by atoms with Gasteiger partial charge in [-0.2, -0.15) is 0 Å². The number of hydrogen-bond donors (Lipinski definition) is 2. The summed E-state index contributed by atoms with van der Waals surface area (Å²) in [6, 6.07) is 6.20. The van der Waals surface area contributed by atoms with E-state index in [1.807, 2.05) is 6.07 Å². The molecule has 2 aliphatic rings. The van der Waals surface area contributed by atoms with Crippen LogP contribution in [-0.4, -0.2) is 23.5 Å². The maximum atomic E-state index is 12.2. The Morgan fingerprint density at radius 3 is 3.11 bits per heavy atom. The molecule has 0 aliphatic carbocycles. The van der Waals surface area contributed by atoms with E-state index in [9.17, 15) is 4.79 Å². The molecular formula is C15H20N2OS. The lowest BCUT2D eigenvalue weighted by Crippen LogP contribution is -2.27. The predicted molar refractivity (Wildman–Crippen MR) is 82.0 cm³/mol. The van der Waals surface area contributed by atoms with Crippen molar-refractivity contribution in [3.63, 3.8) is 0 Å². The molecule has 3 nitrogen and oxygen atoms in total. The molecule has 102 valence electrons. The van der Waals surface area contributed by atoms with Gasteiger partial charge in [0.1, 0.15) is 0 Å². The summed E-state index contributed by atoms with van der Waals surface area (Å²) in [6.45, 7) is 1.05. The van der Waals surface area contributed by atoms with Gasteiger partial charge in [0.15, 0.2) is 0 Å². The van der Waals surface area contributed by atoms with E-state index in [2.05, 4.69) is 22.8 Å². The molecule has 0 bridgehead atoms. The molecule has 4 heteroatoms. The Morgan fingerprint density at radius 2 is 2.26 bits per heavy atom. The van der Waals surface area contributed by atoms with Crippen LogP contribution in [0.5, 0.6) is 0 Å². The molecule has 1 amide bonds. The number of amides is 1. The third-order valence-electron chi connectivity index (χ3n) is 3.78. The Labute approximate surface area is 118 Å². The van der Waals surface area contributed by atoms with Crippen molar-refractivity contribution in [1.82, 2.24) is 0 Å². The number of carbonyl (C=O) groups excluding carboxylic acids is 1. The summed E-state index contributed by atoms with van der Waals surface area (Å²) in [7, 11) is 0. The van der Waals surface area contributed by atoms with Crippen LogP contribution in [-0.2, 0) is 11.2 Å². The standard InChI is InChI=1S/C15H20N2OS/c18-15(14-5-1-2-9-19-14)17-12-6-7-13-11(10-12)4-3-8-16-13/h6-7,10,14,16H,1-5,8-9H2,(H,17,18). The van der Waals surface area contributed by atoms with E-state index in [-0.39, 0.29) is 11.2 Å². The SMILES string of the molecule is O=C(Nc1ccc2c(c1)CCCN2)C1CCCCS1. The molecule has 0 aromatic heterocycles. The van der Waals surface area contributed by atoms with Crippen LogP contribution in [0, 0.1) is 0 Å². The first-order valence-corrected chi connectivity index (χ1v) is 8.17. The summed E-state index contributed by atoms with van der Waals surface area (Å²) in [5.41, 5.74) is 3.48. The fraction of sp³-hybridized carbons (Fsp3) is 0.533. The Morgan fingerprint density at radius 1 is 1.32 bits per heavy atom. The normalized spacial score (nSPS) is 22.2. The van der Waals surface area contributed by atoms with Crippen LogP contribution in [0.4, 0.5) is 11.4 Å². The maximum absolute atomic E-state index is 12.2. The summed E-state index contributed by atoms with van der Waals surface area (Å²) in [5.74, 6) is 1.29. The van der Waals surface area contributed by atoms with Gasteiger partial charge in [-0.3, -0.25) is 4.79 Å². The smallest absolute Gasteiger partial charge is 0.237 e. The average molecular weight is 276 g/mol. The number of rotatable bonds is 2. The van der Waals surface area contributed by atoms with Gasteiger partial charge in [-0.05, 0) is 55.2 Å². The van der Waals surface area contributed by atoms with Crippen molar-refractivity contribution < 1.29 is 4.79 Å². The van der Waals surface area contributed by atoms with Crippen molar-refractivity contribution in [2.24, 2.45) is 0 Å². The summed E-state index contributed by atoms with van der Waals surface area (Å²) in [4.78, 5) is 12.2. The van der Waals surface area contributed by atoms with Crippen LogP contribution >= 0.6 is 11.8 Å². The molecule has 3 rings (SSSR count). The highest BCUT2D eigenvalue weighted by Gasteiger charge is 2.22. The molecule has 2 aliphatic heterocycles. The highest BCUT2D eigenvalue weighted by molar-refractivity contribution is 8.00. The van der Waals surface area contributed by atoms with Crippen LogP contribution < -0.4 is 10.6 Å². The Hall–Kier alpha value is -1.16. The van der Waals surface area contributed by atoms with Gasteiger partial charge in [-0.25, -0.2) is 0 Å². The molecule has 1 atom stereocenters. The van der Waals surface area contributed by atoms with Gasteiger partial charge < -0.3 is 10.6 Å². The van der Waals surface area contributed by atoms with Gasteiger partial charge in [0.25, 0.3) is 0 Å². The third-order valence-corrected chi connectivity index (χ3v) is 5.16. The van der Waals surface area contributed by atoms with Gasteiger partial charge in [0.2, 0.25) is 5.91 Å². The van der Waals surface area contributed by atoms with Crippen LogP contribution in [0.3, 0.4) is 0 Å². The van der Waals surface area contributed by atoms with Gasteiger partial charge in [0.05, 0.1) is 5.25 Å². The summed E-state index contributed by atoms with van der Waals surface area (Å²) in [6.07, 6.45) is 5.72. The number of fused-ring (bicyclic) bond motifs is 1. The molecule has 1 saturated heterocycles. The van der Waals surface area contributed by atoms with Crippen molar-refractivity contribution >= 4 is 29.0 Å². The third kappa shape index (κ3) is 3.06. The molecular weight excluding hydrogens is 256 g/mol. The van der Waals surface area contributed by atoms with Crippen molar-refractivity contribution in [3.05, 3.63) is 23.8 Å². The van der Waals surface area contributed by atoms with Gasteiger partial charge in [0, 0.05) is 17.9 Å². The molecule has 2 N–H and O–H groups in total. The van der Waals surface area contributed by atoms with Gasteiger partial charge in [-0.1, -0.05) is 6.42 Å². The number of thioether (sulfide) groups is 1. The topological polar surface area (TPSA) is 41.1 Å². The quantitative estimate of drug-likeness (QED) is 0.871. The zero-order chi connectivity index (χ0) is 13.1. The molecule has 0 radical (unpaired) electrons. The monoisotopic (exact) mass is 276 g/mol. The van der Waals surface area contributed by atoms with E-state index in [4.69, 9.17) is 0 Å². The molecule has 1 aromatic rings. The second kappa shape index (κ2) is 5.87. The Balaban J connectivity index is 1.67. The highest BCUT2D eigenvalue weighted by atomic mass is 32.2. The van der Waals surface area contributed by atoms with Gasteiger partial charge >= 0.3 is 0 Å². The zero-order valence-corrected chi connectivity index (χ0v) is 11.9. The fourth-order valence-electron chi connectivity index (χ4n) is 2.72. The molecule has 0 saturated carbocycles. The Kier molecular flexibility index (Phi) is 3.97. The lowest BCUT2D eigenvalue weighted by Gasteiger charge is -2.22. The Bertz CT molecular complexity index is 469. The predicted octanol–water partition coefficient (Wildman–Crippen LogP) is 3.27. The average Bonchev–Trinajstić information content (AvgIpc) is 2.48. The minimum atomic E-state index is 0.142. The lowest BCUT2D eigenvalue weighted by atomic mass is 10.0. The number of hydrogen-bond acceptors (Lipinski definition) is 3. The number of benzene rings is 1. The lowest BCUT2D eigenvalue weighted by molar-refractivity contribution is -0.115. The van der Waals surface area contributed by atoms with Crippen molar-refractivity contribution in [2.45, 2.75) is 37.4 Å². The largest absolute Gasteiger partial charge is 0.385 e. The van der Waals surface area contributed by atoms with Crippen molar-refractivity contribution in [1.29, 1.82) is 0 Å². The van der Waals surface area contributed by atoms with E-state index in [1.54, 1.807) is 11.8 Å². The van der Waals surface area contributed by atoms with Crippen LogP contribution in [0.1, 0.15) is 31.2 Å². The second-order valence-electron chi connectivity index (χ2n) is 5.25. The maximum Gasteiger partial charge on any atom is 0.237 e. The highest BCUT2D eigenvalue weighted by Crippen LogP contribution is 2.28. The summed E-state index contributed by atoms with van der Waals surface area (Å²) in [5, 5.41) is 6.61. The second-order valence-corrected chi connectivity index (χ2v) is 6.56. The molecule has 1 fully saturated rings. The fourth-order valence-corrected chi connectivity index (χ4v) is 3.92. The van der Waals surface area contributed by atoms with E-state index < -0.39 is 0 Å². The molecule has 19 heavy (non-hydrogen) atoms. The number of anilines is 2. The first-order valence-electron chi connectivity index (χ1n) is 7.12. The molecule has 1 aromatic carbocycles. The van der Waals surface area contributed by atoms with E-state index >= 15 is 0 Å². The molecule has 1 unspecified atom stereocenters. The van der Waals surface area contributed by atoms with Crippen LogP contribution in [0.2, 0.25) is 0 Å².